The second-order valence-electron chi connectivity index (χ2n) is 7.16. The third-order valence-corrected chi connectivity index (χ3v) is 5.56. The van der Waals surface area contributed by atoms with Crippen LogP contribution < -0.4 is 16.4 Å². The molecule has 0 saturated carbocycles. The molecule has 2 aromatic carbocycles. The van der Waals surface area contributed by atoms with E-state index < -0.39 is 23.5 Å². The first-order chi connectivity index (χ1) is 16.4. The van der Waals surface area contributed by atoms with Gasteiger partial charge < -0.3 is 16.4 Å². The smallest absolute Gasteiger partial charge is 0.291 e. The Kier molecular flexibility index (Phi) is 6.74. The summed E-state index contributed by atoms with van der Waals surface area (Å²) in [7, 11) is 0. The number of hydrogen-bond acceptors (Lipinski definition) is 6. The van der Waals surface area contributed by atoms with Crippen LogP contribution in [0.4, 0.5) is 4.39 Å². The van der Waals surface area contributed by atoms with Crippen LogP contribution in [0.5, 0.6) is 0 Å². The SMILES string of the molecule is NC(=O)CNC(=O)c1ccc(CNC(=O)c2nc(-c3cccs3)n(-c3cccc(F)c3)n2)cc1. The van der Waals surface area contributed by atoms with Gasteiger partial charge in [0.15, 0.2) is 5.82 Å². The number of nitrogens with two attached hydrogens (primary N) is 1. The molecule has 0 fully saturated rings. The molecule has 172 valence electrons. The van der Waals surface area contributed by atoms with Crippen molar-refractivity contribution in [2.45, 2.75) is 6.54 Å². The fourth-order valence-electron chi connectivity index (χ4n) is 3.07. The summed E-state index contributed by atoms with van der Waals surface area (Å²) < 4.78 is 15.2. The van der Waals surface area contributed by atoms with Crippen molar-refractivity contribution in [2.24, 2.45) is 5.73 Å². The van der Waals surface area contributed by atoms with Crippen LogP contribution in [0, 0.1) is 5.82 Å². The molecule has 0 unspecified atom stereocenters. The van der Waals surface area contributed by atoms with Crippen molar-refractivity contribution >= 4 is 29.1 Å². The minimum Gasteiger partial charge on any atom is -0.368 e. The van der Waals surface area contributed by atoms with Gasteiger partial charge in [0.25, 0.3) is 11.8 Å². The molecule has 4 aromatic rings. The number of primary amides is 1. The van der Waals surface area contributed by atoms with Crippen LogP contribution in [0.2, 0.25) is 0 Å². The first-order valence-electron chi connectivity index (χ1n) is 10.1. The Morgan fingerprint density at radius 2 is 1.79 bits per heavy atom. The van der Waals surface area contributed by atoms with Crippen molar-refractivity contribution in [1.29, 1.82) is 0 Å². The summed E-state index contributed by atoms with van der Waals surface area (Å²) in [5.74, 6) is -1.63. The molecular weight excluding hydrogens is 459 g/mol. The Labute approximate surface area is 197 Å². The molecule has 2 heterocycles. The summed E-state index contributed by atoms with van der Waals surface area (Å²) in [5.41, 5.74) is 6.55. The third kappa shape index (κ3) is 5.33. The number of carbonyl (C=O) groups is 3. The lowest BCUT2D eigenvalue weighted by atomic mass is 10.1. The summed E-state index contributed by atoms with van der Waals surface area (Å²) in [6.07, 6.45) is 0. The third-order valence-electron chi connectivity index (χ3n) is 4.70. The molecule has 0 aliphatic rings. The van der Waals surface area contributed by atoms with E-state index in [0.29, 0.717) is 17.1 Å². The van der Waals surface area contributed by atoms with Crippen LogP contribution in [-0.4, -0.2) is 39.0 Å². The molecule has 34 heavy (non-hydrogen) atoms. The number of rotatable bonds is 8. The van der Waals surface area contributed by atoms with E-state index in [-0.39, 0.29) is 18.9 Å². The first kappa shape index (κ1) is 22.8. The van der Waals surface area contributed by atoms with Crippen LogP contribution in [0.15, 0.2) is 66.0 Å². The zero-order valence-corrected chi connectivity index (χ0v) is 18.5. The Morgan fingerprint density at radius 1 is 1.00 bits per heavy atom. The number of nitrogens with zero attached hydrogens (tertiary/aromatic N) is 3. The van der Waals surface area contributed by atoms with Gasteiger partial charge in [0.05, 0.1) is 17.1 Å². The molecule has 4 rings (SSSR count). The van der Waals surface area contributed by atoms with Crippen LogP contribution in [0.3, 0.4) is 0 Å². The van der Waals surface area contributed by atoms with E-state index in [1.54, 1.807) is 36.4 Å². The number of aromatic nitrogens is 3. The van der Waals surface area contributed by atoms with Gasteiger partial charge in [0, 0.05) is 12.1 Å². The van der Waals surface area contributed by atoms with E-state index in [4.69, 9.17) is 5.73 Å². The van der Waals surface area contributed by atoms with Gasteiger partial charge in [0.2, 0.25) is 11.7 Å². The summed E-state index contributed by atoms with van der Waals surface area (Å²) in [5, 5.41) is 11.3. The number of amides is 3. The lowest BCUT2D eigenvalue weighted by Crippen LogP contribution is -2.33. The number of carbonyl (C=O) groups excluding carboxylic acids is 3. The first-order valence-corrected chi connectivity index (χ1v) is 11.0. The van der Waals surface area contributed by atoms with Crippen molar-refractivity contribution in [3.8, 4) is 16.4 Å². The van der Waals surface area contributed by atoms with E-state index in [0.717, 1.165) is 10.4 Å². The summed E-state index contributed by atoms with van der Waals surface area (Å²) in [6.45, 7) is -0.0791. The highest BCUT2D eigenvalue weighted by Crippen LogP contribution is 2.25. The molecule has 0 atom stereocenters. The van der Waals surface area contributed by atoms with E-state index in [1.807, 2.05) is 17.5 Å². The maximum atomic E-state index is 13.8. The number of benzene rings is 2. The largest absolute Gasteiger partial charge is 0.368 e. The highest BCUT2D eigenvalue weighted by Gasteiger charge is 2.19. The average Bonchev–Trinajstić information content (AvgIpc) is 3.51. The van der Waals surface area contributed by atoms with Crippen LogP contribution in [-0.2, 0) is 11.3 Å². The average molecular weight is 479 g/mol. The highest BCUT2D eigenvalue weighted by molar-refractivity contribution is 7.13. The van der Waals surface area contributed by atoms with Crippen molar-refractivity contribution in [3.63, 3.8) is 0 Å². The Hall–Kier alpha value is -4.38. The molecule has 4 N–H and O–H groups in total. The zero-order valence-electron chi connectivity index (χ0n) is 17.7. The van der Waals surface area contributed by atoms with Crippen LogP contribution in [0.1, 0.15) is 26.5 Å². The monoisotopic (exact) mass is 478 g/mol. The zero-order chi connectivity index (χ0) is 24.1. The van der Waals surface area contributed by atoms with Gasteiger partial charge in [-0.15, -0.1) is 16.4 Å². The van der Waals surface area contributed by atoms with Crippen LogP contribution in [0.25, 0.3) is 16.4 Å². The second kappa shape index (κ2) is 10.0. The fourth-order valence-corrected chi connectivity index (χ4v) is 3.76. The number of halogens is 1. The molecule has 3 amide bonds. The quantitative estimate of drug-likeness (QED) is 0.357. The van der Waals surface area contributed by atoms with Gasteiger partial charge in [-0.1, -0.05) is 24.3 Å². The van der Waals surface area contributed by atoms with Gasteiger partial charge in [-0.2, -0.15) is 0 Å². The van der Waals surface area contributed by atoms with Gasteiger partial charge in [0.1, 0.15) is 5.82 Å². The second-order valence-corrected chi connectivity index (χ2v) is 8.10. The van der Waals surface area contributed by atoms with Crippen molar-refractivity contribution in [1.82, 2.24) is 25.4 Å². The maximum absolute atomic E-state index is 13.8. The molecule has 9 nitrogen and oxygen atoms in total. The molecule has 11 heteroatoms. The van der Waals surface area contributed by atoms with Crippen LogP contribution >= 0.6 is 11.3 Å². The molecule has 0 spiro atoms. The van der Waals surface area contributed by atoms with Crippen molar-refractivity contribution in [2.75, 3.05) is 6.54 Å². The number of hydrogen-bond donors (Lipinski definition) is 3. The topological polar surface area (TPSA) is 132 Å². The predicted molar refractivity (Wildman–Crippen MR) is 124 cm³/mol. The molecule has 0 radical (unpaired) electrons. The minimum absolute atomic E-state index is 0.0601. The standard InChI is InChI=1S/C23H19FN6O3S/c24-16-3-1-4-17(11-16)30-21(18-5-2-10-34-18)28-20(29-30)23(33)26-12-14-6-8-15(9-7-14)22(32)27-13-19(25)31/h1-11H,12-13H2,(H2,25,31)(H,26,33)(H,27,32). The molecule has 0 aliphatic carbocycles. The summed E-state index contributed by atoms with van der Waals surface area (Å²) in [6, 6.07) is 16.1. The van der Waals surface area contributed by atoms with Crippen molar-refractivity contribution in [3.05, 3.63) is 88.8 Å². The summed E-state index contributed by atoms with van der Waals surface area (Å²) in [4.78, 5) is 40.6. The normalized spacial score (nSPS) is 10.6. The molecule has 0 saturated heterocycles. The Bertz CT molecular complexity index is 1340. The van der Waals surface area contributed by atoms with E-state index in [1.165, 1.54) is 28.2 Å². The summed E-state index contributed by atoms with van der Waals surface area (Å²) >= 11 is 1.43. The Morgan fingerprint density at radius 3 is 2.47 bits per heavy atom. The molecule has 2 aromatic heterocycles. The highest BCUT2D eigenvalue weighted by atomic mass is 32.1. The predicted octanol–water partition coefficient (Wildman–Crippen LogP) is 2.28. The van der Waals surface area contributed by atoms with E-state index in [9.17, 15) is 18.8 Å². The Balaban J connectivity index is 1.48. The van der Waals surface area contributed by atoms with E-state index in [2.05, 4.69) is 20.7 Å². The van der Waals surface area contributed by atoms with Gasteiger partial charge >= 0.3 is 0 Å². The molecular formula is C23H19FN6O3S. The maximum Gasteiger partial charge on any atom is 0.291 e. The minimum atomic E-state index is -0.636. The fraction of sp³-hybridized carbons (Fsp3) is 0.0870. The lowest BCUT2D eigenvalue weighted by molar-refractivity contribution is -0.117. The lowest BCUT2D eigenvalue weighted by Gasteiger charge is -2.06. The van der Waals surface area contributed by atoms with Gasteiger partial charge in [-0.3, -0.25) is 14.4 Å². The van der Waals surface area contributed by atoms with Crippen molar-refractivity contribution < 1.29 is 18.8 Å². The molecule has 0 bridgehead atoms. The van der Waals surface area contributed by atoms with Gasteiger partial charge in [-0.05, 0) is 47.3 Å². The molecule has 0 aliphatic heterocycles. The van der Waals surface area contributed by atoms with E-state index >= 15 is 0 Å². The number of thiophene rings is 1. The number of nitrogens with one attached hydrogen (secondary N) is 2. The van der Waals surface area contributed by atoms with Gasteiger partial charge in [-0.25, -0.2) is 14.1 Å².